The largest absolute Gasteiger partial charge is 0.351 e. The lowest BCUT2D eigenvalue weighted by Gasteiger charge is -2.32. The summed E-state index contributed by atoms with van der Waals surface area (Å²) < 4.78 is 0. The minimum Gasteiger partial charge on any atom is -0.351 e. The van der Waals surface area contributed by atoms with Crippen molar-refractivity contribution < 1.29 is 14.4 Å². The first-order valence-electron chi connectivity index (χ1n) is 13.1. The molecule has 1 fully saturated rings. The highest BCUT2D eigenvalue weighted by Crippen LogP contribution is 2.31. The van der Waals surface area contributed by atoms with Crippen LogP contribution in [0.4, 0.5) is 11.5 Å². The Balaban J connectivity index is 1.56. The van der Waals surface area contributed by atoms with E-state index in [2.05, 4.69) is 15.6 Å². The Hall–Kier alpha value is -3.71. The van der Waals surface area contributed by atoms with Gasteiger partial charge < -0.3 is 10.6 Å². The van der Waals surface area contributed by atoms with E-state index in [-0.39, 0.29) is 36.6 Å². The normalized spacial score (nSPS) is 14.1. The van der Waals surface area contributed by atoms with Crippen molar-refractivity contribution in [2.45, 2.75) is 64.0 Å². The molecular weight excluding hydrogens is 500 g/mol. The lowest BCUT2D eigenvalue weighted by Crippen LogP contribution is -2.46. The van der Waals surface area contributed by atoms with Gasteiger partial charge in [0.05, 0.1) is 0 Å². The lowest BCUT2D eigenvalue weighted by molar-refractivity contribution is -0.127. The first-order chi connectivity index (χ1) is 18.4. The molecule has 1 heterocycles. The van der Waals surface area contributed by atoms with E-state index in [1.807, 2.05) is 31.2 Å². The minimum atomic E-state index is -0.870. The number of hydrogen-bond acceptors (Lipinski definition) is 4. The molecule has 0 aliphatic heterocycles. The molecular formula is C30H33ClN4O3. The van der Waals surface area contributed by atoms with Crippen molar-refractivity contribution in [1.82, 2.24) is 10.3 Å². The van der Waals surface area contributed by atoms with Crippen molar-refractivity contribution >= 4 is 40.8 Å². The van der Waals surface area contributed by atoms with Crippen LogP contribution in [0, 0.1) is 6.92 Å². The van der Waals surface area contributed by atoms with Crippen LogP contribution in [0.25, 0.3) is 0 Å². The number of carbonyl (C=O) groups excluding carboxylic acids is 3. The summed E-state index contributed by atoms with van der Waals surface area (Å²) in [5.41, 5.74) is 2.34. The molecule has 2 aromatic carbocycles. The Morgan fingerprint density at radius 1 is 0.974 bits per heavy atom. The summed E-state index contributed by atoms with van der Waals surface area (Å²) in [7, 11) is 0. The number of halogens is 1. The monoisotopic (exact) mass is 532 g/mol. The minimum absolute atomic E-state index is 0.0996. The molecule has 38 heavy (non-hydrogen) atoms. The van der Waals surface area contributed by atoms with Crippen molar-refractivity contribution in [1.29, 1.82) is 0 Å². The number of amides is 3. The number of aromatic nitrogens is 1. The van der Waals surface area contributed by atoms with Gasteiger partial charge in [-0.25, -0.2) is 4.98 Å². The van der Waals surface area contributed by atoms with Crippen LogP contribution in [-0.4, -0.2) is 28.7 Å². The van der Waals surface area contributed by atoms with E-state index < -0.39 is 6.04 Å². The molecule has 0 radical (unpaired) electrons. The van der Waals surface area contributed by atoms with Crippen molar-refractivity contribution in [3.05, 3.63) is 89.1 Å². The van der Waals surface area contributed by atoms with E-state index in [9.17, 15) is 14.4 Å². The van der Waals surface area contributed by atoms with Crippen LogP contribution in [0.1, 0.15) is 62.1 Å². The highest BCUT2D eigenvalue weighted by Gasteiger charge is 2.34. The summed E-state index contributed by atoms with van der Waals surface area (Å²) >= 11 is 6.14. The second kappa shape index (κ2) is 13.2. The number of nitrogens with zero attached hydrogens (tertiary/aromatic N) is 2. The summed E-state index contributed by atoms with van der Waals surface area (Å²) in [5.74, 6) is -0.204. The topological polar surface area (TPSA) is 91.4 Å². The average molecular weight is 533 g/mol. The summed E-state index contributed by atoms with van der Waals surface area (Å²) in [6, 6.07) is 19.1. The van der Waals surface area contributed by atoms with Crippen LogP contribution < -0.4 is 15.5 Å². The number of nitrogens with one attached hydrogen (secondary N) is 2. The van der Waals surface area contributed by atoms with Crippen LogP contribution in [0.3, 0.4) is 0 Å². The Morgan fingerprint density at radius 2 is 1.68 bits per heavy atom. The van der Waals surface area contributed by atoms with Gasteiger partial charge >= 0.3 is 0 Å². The number of hydrogen-bond donors (Lipinski definition) is 2. The third-order valence-electron chi connectivity index (χ3n) is 6.70. The number of benzene rings is 2. The maximum absolute atomic E-state index is 13.8. The van der Waals surface area contributed by atoms with Crippen LogP contribution in [0.2, 0.25) is 5.02 Å². The third-order valence-corrected chi connectivity index (χ3v) is 6.95. The van der Waals surface area contributed by atoms with Gasteiger partial charge in [-0.05, 0) is 68.1 Å². The average Bonchev–Trinajstić information content (AvgIpc) is 3.42. The zero-order valence-corrected chi connectivity index (χ0v) is 22.3. The lowest BCUT2D eigenvalue weighted by atomic mass is 10.0. The highest BCUT2D eigenvalue weighted by molar-refractivity contribution is 6.30. The molecule has 198 valence electrons. The molecule has 4 rings (SSSR count). The predicted octanol–water partition coefficient (Wildman–Crippen LogP) is 5.99. The van der Waals surface area contributed by atoms with Crippen LogP contribution in [0.15, 0.2) is 72.9 Å². The molecule has 1 atom stereocenters. The molecule has 7 nitrogen and oxygen atoms in total. The van der Waals surface area contributed by atoms with E-state index in [1.165, 1.54) is 0 Å². The summed E-state index contributed by atoms with van der Waals surface area (Å²) in [6.45, 7) is 1.97. The summed E-state index contributed by atoms with van der Waals surface area (Å²) in [6.07, 6.45) is 6.22. The Labute approximate surface area is 228 Å². The van der Waals surface area contributed by atoms with E-state index in [0.29, 0.717) is 28.5 Å². The maximum Gasteiger partial charge on any atom is 0.248 e. The molecule has 0 bridgehead atoms. The molecule has 2 N–H and O–H groups in total. The molecule has 1 aliphatic carbocycles. The molecule has 8 heteroatoms. The Morgan fingerprint density at radius 3 is 2.34 bits per heavy atom. The molecule has 1 saturated carbocycles. The van der Waals surface area contributed by atoms with Crippen LogP contribution >= 0.6 is 11.6 Å². The van der Waals surface area contributed by atoms with Crippen molar-refractivity contribution in [3.8, 4) is 0 Å². The van der Waals surface area contributed by atoms with Crippen LogP contribution in [-0.2, 0) is 14.4 Å². The SMILES string of the molecule is Cc1ccc(N(C(=O)CCCC(=O)Nc2ccccn2)[C@@H](C(=O)NC2CCCC2)c2ccc(Cl)cc2)cc1. The van der Waals surface area contributed by atoms with E-state index >= 15 is 0 Å². The Bertz CT molecular complexity index is 1230. The fourth-order valence-corrected chi connectivity index (χ4v) is 4.84. The fourth-order valence-electron chi connectivity index (χ4n) is 4.72. The predicted molar refractivity (Wildman–Crippen MR) is 150 cm³/mol. The van der Waals surface area contributed by atoms with E-state index in [4.69, 9.17) is 11.6 Å². The quantitative estimate of drug-likeness (QED) is 0.336. The Kier molecular flexibility index (Phi) is 9.49. The number of pyridine rings is 1. The molecule has 1 aliphatic rings. The van der Waals surface area contributed by atoms with Crippen molar-refractivity contribution in [2.24, 2.45) is 0 Å². The van der Waals surface area contributed by atoms with E-state index in [1.54, 1.807) is 53.6 Å². The summed E-state index contributed by atoms with van der Waals surface area (Å²) in [5, 5.41) is 6.47. The van der Waals surface area contributed by atoms with Gasteiger partial charge in [-0.2, -0.15) is 0 Å². The first kappa shape index (κ1) is 27.3. The standard InChI is InChI=1S/C30H33ClN4O3/c1-21-12-18-25(19-13-21)35(28(37)11-6-10-27(36)34-26-9-4-5-20-32-26)29(22-14-16-23(31)17-15-22)30(38)33-24-7-2-3-8-24/h4-5,9,12-20,24,29H,2-3,6-8,10-11H2,1H3,(H,33,38)(H,32,34,36)/t29-/m1/s1. The molecule has 0 unspecified atom stereocenters. The fraction of sp³-hybridized carbons (Fsp3) is 0.333. The van der Waals surface area contributed by atoms with Gasteiger partial charge in [0.2, 0.25) is 17.7 Å². The second-order valence-electron chi connectivity index (χ2n) is 9.66. The van der Waals surface area contributed by atoms with Gasteiger partial charge in [0.1, 0.15) is 11.9 Å². The highest BCUT2D eigenvalue weighted by atomic mass is 35.5. The van der Waals surface area contributed by atoms with Crippen molar-refractivity contribution in [3.63, 3.8) is 0 Å². The zero-order valence-electron chi connectivity index (χ0n) is 21.5. The van der Waals surface area contributed by atoms with Gasteiger partial charge in [0, 0.05) is 35.8 Å². The van der Waals surface area contributed by atoms with Crippen LogP contribution in [0.5, 0.6) is 0 Å². The number of anilines is 2. The van der Waals surface area contributed by atoms with E-state index in [0.717, 1.165) is 31.2 Å². The van der Waals surface area contributed by atoms with Gasteiger partial charge in [0.15, 0.2) is 0 Å². The molecule has 3 aromatic rings. The number of carbonyl (C=O) groups is 3. The maximum atomic E-state index is 13.8. The first-order valence-corrected chi connectivity index (χ1v) is 13.4. The number of aryl methyl sites for hydroxylation is 1. The van der Waals surface area contributed by atoms with Gasteiger partial charge in [0.25, 0.3) is 0 Å². The molecule has 0 saturated heterocycles. The van der Waals surface area contributed by atoms with Crippen molar-refractivity contribution in [2.75, 3.05) is 10.2 Å². The van der Waals surface area contributed by atoms with Gasteiger partial charge in [-0.3, -0.25) is 19.3 Å². The third kappa shape index (κ3) is 7.42. The molecule has 1 aromatic heterocycles. The second-order valence-corrected chi connectivity index (χ2v) is 10.1. The molecule has 0 spiro atoms. The zero-order chi connectivity index (χ0) is 26.9. The van der Waals surface area contributed by atoms with Gasteiger partial charge in [-0.1, -0.05) is 60.3 Å². The molecule has 3 amide bonds. The van der Waals surface area contributed by atoms with Gasteiger partial charge in [-0.15, -0.1) is 0 Å². The smallest absolute Gasteiger partial charge is 0.248 e. The summed E-state index contributed by atoms with van der Waals surface area (Å²) in [4.78, 5) is 45.6. The number of rotatable bonds is 10.